The summed E-state index contributed by atoms with van der Waals surface area (Å²) in [6.45, 7) is 7.29. The monoisotopic (exact) mass is 301 g/mol. The highest BCUT2D eigenvalue weighted by molar-refractivity contribution is 6.31. The van der Waals surface area contributed by atoms with Crippen LogP contribution in [0.5, 0.6) is 0 Å². The zero-order valence-corrected chi connectivity index (χ0v) is 12.8. The van der Waals surface area contributed by atoms with Crippen molar-refractivity contribution in [2.45, 2.75) is 45.7 Å². The number of hydrogen-bond donors (Lipinski definition) is 0. The number of hydrogen-bond acceptors (Lipinski definition) is 3. The van der Waals surface area contributed by atoms with Gasteiger partial charge in [-0.2, -0.15) is 5.10 Å². The van der Waals surface area contributed by atoms with Gasteiger partial charge in [0, 0.05) is 6.54 Å². The number of aromatic nitrogens is 5. The van der Waals surface area contributed by atoms with Crippen LogP contribution in [0.15, 0.2) is 6.20 Å². The lowest BCUT2D eigenvalue weighted by Crippen LogP contribution is -2.08. The molecule has 0 N–H and O–H groups in total. The molecular formula is C12H17Cl2N5. The Balaban J connectivity index is 2.29. The lowest BCUT2D eigenvalue weighted by atomic mass is 10.3. The average molecular weight is 302 g/mol. The summed E-state index contributed by atoms with van der Waals surface area (Å²) in [7, 11) is 0. The Kier molecular flexibility index (Phi) is 4.47. The van der Waals surface area contributed by atoms with E-state index in [-0.39, 0.29) is 5.38 Å². The van der Waals surface area contributed by atoms with Crippen molar-refractivity contribution in [3.05, 3.63) is 28.3 Å². The van der Waals surface area contributed by atoms with E-state index in [1.54, 1.807) is 4.68 Å². The molecule has 0 aliphatic rings. The standard InChI is InChI=1S/C12H17Cl2N5/c1-4-9-12(14)11(19(5-2)16-9)7-18-6-10(8(3)13)15-17-18/h6,8H,4-5,7H2,1-3H3. The third-order valence-electron chi connectivity index (χ3n) is 2.97. The molecule has 0 radical (unpaired) electrons. The van der Waals surface area contributed by atoms with Crippen LogP contribution in [0.25, 0.3) is 0 Å². The molecule has 5 nitrogen and oxygen atoms in total. The smallest absolute Gasteiger partial charge is 0.100 e. The summed E-state index contributed by atoms with van der Waals surface area (Å²) in [4.78, 5) is 0. The minimum atomic E-state index is -0.147. The first-order chi connectivity index (χ1) is 9.06. The molecule has 0 aliphatic carbocycles. The summed E-state index contributed by atoms with van der Waals surface area (Å²) in [5.74, 6) is 0. The van der Waals surface area contributed by atoms with Gasteiger partial charge in [0.25, 0.3) is 0 Å². The van der Waals surface area contributed by atoms with Gasteiger partial charge in [-0.05, 0) is 20.3 Å². The minimum absolute atomic E-state index is 0.147. The van der Waals surface area contributed by atoms with Crippen molar-refractivity contribution in [3.63, 3.8) is 0 Å². The fraction of sp³-hybridized carbons (Fsp3) is 0.583. The Hall–Kier alpha value is -1.07. The average Bonchev–Trinajstić information content (AvgIpc) is 2.96. The van der Waals surface area contributed by atoms with Gasteiger partial charge in [-0.15, -0.1) is 16.7 Å². The SMILES string of the molecule is CCc1nn(CC)c(Cn2cc(C(C)Cl)nn2)c1Cl. The summed E-state index contributed by atoms with van der Waals surface area (Å²) in [5.41, 5.74) is 2.64. The van der Waals surface area contributed by atoms with E-state index in [2.05, 4.69) is 15.4 Å². The number of rotatable bonds is 5. The van der Waals surface area contributed by atoms with Crippen LogP contribution >= 0.6 is 23.2 Å². The molecular weight excluding hydrogens is 285 g/mol. The number of nitrogens with zero attached hydrogens (tertiary/aromatic N) is 5. The Bertz CT molecular complexity index is 558. The summed E-state index contributed by atoms with van der Waals surface area (Å²) in [5, 5.41) is 13.2. The summed E-state index contributed by atoms with van der Waals surface area (Å²) < 4.78 is 3.65. The molecule has 0 aromatic carbocycles. The van der Waals surface area contributed by atoms with Gasteiger partial charge in [0.1, 0.15) is 5.69 Å². The zero-order valence-electron chi connectivity index (χ0n) is 11.3. The van der Waals surface area contributed by atoms with Gasteiger partial charge in [0.2, 0.25) is 0 Å². The Morgan fingerprint density at radius 3 is 2.63 bits per heavy atom. The van der Waals surface area contributed by atoms with Crippen LogP contribution in [0.4, 0.5) is 0 Å². The topological polar surface area (TPSA) is 48.5 Å². The van der Waals surface area contributed by atoms with Crippen molar-refractivity contribution in [3.8, 4) is 0 Å². The van der Waals surface area contributed by atoms with Gasteiger partial charge in [0.05, 0.1) is 34.5 Å². The Morgan fingerprint density at radius 1 is 1.37 bits per heavy atom. The number of halogens is 2. The van der Waals surface area contributed by atoms with Crippen LogP contribution in [0.3, 0.4) is 0 Å². The molecule has 2 rings (SSSR count). The van der Waals surface area contributed by atoms with E-state index in [0.29, 0.717) is 6.54 Å². The van der Waals surface area contributed by atoms with Gasteiger partial charge >= 0.3 is 0 Å². The molecule has 0 aliphatic heterocycles. The van der Waals surface area contributed by atoms with E-state index < -0.39 is 0 Å². The highest BCUT2D eigenvalue weighted by Crippen LogP contribution is 2.23. The van der Waals surface area contributed by atoms with Crippen LogP contribution in [0.2, 0.25) is 5.02 Å². The summed E-state index contributed by atoms with van der Waals surface area (Å²) >= 11 is 12.3. The first kappa shape index (κ1) is 14.3. The fourth-order valence-electron chi connectivity index (χ4n) is 1.89. The molecule has 2 aromatic rings. The van der Waals surface area contributed by atoms with Crippen LogP contribution in [0, 0.1) is 0 Å². The molecule has 0 saturated carbocycles. The van der Waals surface area contributed by atoms with Crippen molar-refractivity contribution in [2.24, 2.45) is 0 Å². The second kappa shape index (κ2) is 5.92. The fourth-order valence-corrected chi connectivity index (χ4v) is 2.32. The van der Waals surface area contributed by atoms with Crippen molar-refractivity contribution in [1.82, 2.24) is 24.8 Å². The first-order valence-corrected chi connectivity index (χ1v) is 7.16. The lowest BCUT2D eigenvalue weighted by molar-refractivity contribution is 0.564. The highest BCUT2D eigenvalue weighted by Gasteiger charge is 2.16. The van der Waals surface area contributed by atoms with Crippen LogP contribution < -0.4 is 0 Å². The van der Waals surface area contributed by atoms with E-state index in [4.69, 9.17) is 23.2 Å². The van der Waals surface area contributed by atoms with E-state index in [0.717, 1.165) is 35.1 Å². The Morgan fingerprint density at radius 2 is 2.11 bits per heavy atom. The van der Waals surface area contributed by atoms with Crippen LogP contribution in [-0.2, 0) is 19.5 Å². The summed E-state index contributed by atoms with van der Waals surface area (Å²) in [6, 6.07) is 0. The van der Waals surface area contributed by atoms with E-state index >= 15 is 0 Å². The zero-order chi connectivity index (χ0) is 14.0. The van der Waals surface area contributed by atoms with Gasteiger partial charge < -0.3 is 0 Å². The quantitative estimate of drug-likeness (QED) is 0.798. The second-order valence-electron chi connectivity index (χ2n) is 4.33. The van der Waals surface area contributed by atoms with Gasteiger partial charge in [-0.1, -0.05) is 23.7 Å². The van der Waals surface area contributed by atoms with Crippen molar-refractivity contribution < 1.29 is 0 Å². The molecule has 1 atom stereocenters. The van der Waals surface area contributed by atoms with Crippen molar-refractivity contribution in [2.75, 3.05) is 0 Å². The second-order valence-corrected chi connectivity index (χ2v) is 5.37. The lowest BCUT2D eigenvalue weighted by Gasteiger charge is -2.04. The number of alkyl halides is 1. The van der Waals surface area contributed by atoms with Crippen LogP contribution in [0.1, 0.15) is 43.2 Å². The van der Waals surface area contributed by atoms with E-state index in [1.165, 1.54) is 0 Å². The molecule has 0 bridgehead atoms. The maximum atomic E-state index is 6.36. The van der Waals surface area contributed by atoms with Crippen LogP contribution in [-0.4, -0.2) is 24.8 Å². The molecule has 1 unspecified atom stereocenters. The van der Waals surface area contributed by atoms with Gasteiger partial charge in [0.15, 0.2) is 0 Å². The molecule has 0 fully saturated rings. The maximum Gasteiger partial charge on any atom is 0.100 e. The molecule has 2 aromatic heterocycles. The largest absolute Gasteiger partial charge is 0.266 e. The van der Waals surface area contributed by atoms with E-state index in [1.807, 2.05) is 31.6 Å². The molecule has 19 heavy (non-hydrogen) atoms. The Labute approximate surface area is 122 Å². The first-order valence-electron chi connectivity index (χ1n) is 6.34. The third kappa shape index (κ3) is 2.92. The minimum Gasteiger partial charge on any atom is -0.266 e. The molecule has 0 spiro atoms. The maximum absolute atomic E-state index is 6.36. The number of aryl methyl sites for hydroxylation is 2. The molecule has 2 heterocycles. The van der Waals surface area contributed by atoms with Crippen molar-refractivity contribution >= 4 is 23.2 Å². The van der Waals surface area contributed by atoms with Gasteiger partial charge in [-0.25, -0.2) is 4.68 Å². The predicted octanol–water partition coefficient (Wildman–Crippen LogP) is 3.06. The molecule has 104 valence electrons. The normalized spacial score (nSPS) is 12.9. The molecule has 0 saturated heterocycles. The highest BCUT2D eigenvalue weighted by atomic mass is 35.5. The van der Waals surface area contributed by atoms with Gasteiger partial charge in [-0.3, -0.25) is 4.68 Å². The molecule has 7 heteroatoms. The summed E-state index contributed by atoms with van der Waals surface area (Å²) in [6.07, 6.45) is 2.66. The van der Waals surface area contributed by atoms with Crippen molar-refractivity contribution in [1.29, 1.82) is 0 Å². The predicted molar refractivity (Wildman–Crippen MR) is 75.7 cm³/mol. The van der Waals surface area contributed by atoms with E-state index in [9.17, 15) is 0 Å². The molecule has 0 amide bonds. The third-order valence-corrected chi connectivity index (χ3v) is 3.63.